The summed E-state index contributed by atoms with van der Waals surface area (Å²) in [5.41, 5.74) is 2.59. The SMILES string of the molecule is C=C[Si](CCCCCCCCCCCCCCCCCC)(CCCCCCCCCCCCCCCCCC)CCCCCCCCCCCCCCCCCC. The number of hydrogen-bond donors (Lipinski definition) is 0. The molecule has 0 unspecified atom stereocenters. The molecule has 0 atom stereocenters. The van der Waals surface area contributed by atoms with Crippen molar-refractivity contribution in [2.45, 2.75) is 347 Å². The van der Waals surface area contributed by atoms with Gasteiger partial charge in [-0.3, -0.25) is 0 Å². The van der Waals surface area contributed by atoms with Crippen molar-refractivity contribution in [1.29, 1.82) is 0 Å². The van der Waals surface area contributed by atoms with Crippen LogP contribution in [0.15, 0.2) is 12.3 Å². The molecule has 0 aliphatic rings. The summed E-state index contributed by atoms with van der Waals surface area (Å²) in [6, 6.07) is 4.64. The first-order valence-corrected chi connectivity index (χ1v) is 30.6. The van der Waals surface area contributed by atoms with Crippen LogP contribution in [0.2, 0.25) is 18.1 Å². The highest BCUT2D eigenvalue weighted by atomic mass is 28.3. The van der Waals surface area contributed by atoms with Crippen LogP contribution in [0.25, 0.3) is 0 Å². The molecule has 1 heteroatoms. The van der Waals surface area contributed by atoms with Crippen LogP contribution in [0.4, 0.5) is 0 Å². The Morgan fingerprint density at radius 1 is 0.211 bits per heavy atom. The highest BCUT2D eigenvalue weighted by molar-refractivity contribution is 6.84. The summed E-state index contributed by atoms with van der Waals surface area (Å²) in [7, 11) is -1.33. The molecule has 0 saturated heterocycles. The van der Waals surface area contributed by atoms with Crippen molar-refractivity contribution in [2.75, 3.05) is 0 Å². The molecule has 0 aromatic heterocycles. The quantitative estimate of drug-likeness (QED) is 0.0424. The Balaban J connectivity index is 4.20. The lowest BCUT2D eigenvalue weighted by atomic mass is 10.0. The Morgan fingerprint density at radius 3 is 0.456 bits per heavy atom. The van der Waals surface area contributed by atoms with Crippen LogP contribution in [0, 0.1) is 0 Å². The van der Waals surface area contributed by atoms with Crippen molar-refractivity contribution in [3.8, 4) is 0 Å². The van der Waals surface area contributed by atoms with E-state index in [1.165, 1.54) is 308 Å². The Bertz CT molecular complexity index is 624. The lowest BCUT2D eigenvalue weighted by Crippen LogP contribution is -2.31. The van der Waals surface area contributed by atoms with Gasteiger partial charge in [-0.15, -0.1) is 12.3 Å². The van der Waals surface area contributed by atoms with Crippen molar-refractivity contribution >= 4 is 8.07 Å². The maximum absolute atomic E-state index is 4.57. The van der Waals surface area contributed by atoms with Crippen LogP contribution >= 0.6 is 0 Å². The fourth-order valence-electron chi connectivity index (χ4n) is 9.76. The first-order valence-electron chi connectivity index (χ1n) is 27.9. The summed E-state index contributed by atoms with van der Waals surface area (Å²) in [5, 5.41) is 0. The second kappa shape index (κ2) is 50.3. The molecule has 0 aromatic carbocycles. The molecule has 0 aromatic rings. The summed E-state index contributed by atoms with van der Waals surface area (Å²) >= 11 is 0. The van der Waals surface area contributed by atoms with E-state index in [1.807, 2.05) is 0 Å². The van der Waals surface area contributed by atoms with Crippen LogP contribution in [0.3, 0.4) is 0 Å². The van der Waals surface area contributed by atoms with Gasteiger partial charge in [0.05, 0.1) is 8.07 Å². The van der Waals surface area contributed by atoms with Crippen molar-refractivity contribution in [3.05, 3.63) is 12.3 Å². The zero-order valence-corrected chi connectivity index (χ0v) is 41.8. The standard InChI is InChI=1S/C56H114Si/c1-5-9-12-15-18-21-24-27-30-33-36-39-42-45-48-51-54-57(8-4,55-52-49-46-43-40-37-34-31-28-25-22-19-16-13-10-6-2)56-53-50-47-44-41-38-35-32-29-26-23-20-17-14-11-7-3/h8H,4-7,9-56H2,1-3H3. The van der Waals surface area contributed by atoms with Gasteiger partial charge in [0.2, 0.25) is 0 Å². The van der Waals surface area contributed by atoms with Gasteiger partial charge >= 0.3 is 0 Å². The lowest BCUT2D eigenvalue weighted by Gasteiger charge is -2.29. The van der Waals surface area contributed by atoms with E-state index in [0.29, 0.717) is 0 Å². The molecule has 0 nitrogen and oxygen atoms in total. The van der Waals surface area contributed by atoms with Crippen molar-refractivity contribution < 1.29 is 0 Å². The molecule has 0 fully saturated rings. The van der Waals surface area contributed by atoms with Crippen LogP contribution < -0.4 is 0 Å². The van der Waals surface area contributed by atoms with Gasteiger partial charge in [0.25, 0.3) is 0 Å². The molecular formula is C56H114Si. The second-order valence-corrected chi connectivity index (χ2v) is 24.4. The Kier molecular flexibility index (Phi) is 50.3. The molecule has 0 aliphatic heterocycles. The van der Waals surface area contributed by atoms with Gasteiger partial charge < -0.3 is 0 Å². The highest BCUT2D eigenvalue weighted by Crippen LogP contribution is 2.31. The van der Waals surface area contributed by atoms with Gasteiger partial charge in [0.1, 0.15) is 0 Å². The molecule has 0 aliphatic carbocycles. The molecule has 57 heavy (non-hydrogen) atoms. The Labute approximate surface area is 366 Å². The highest BCUT2D eigenvalue weighted by Gasteiger charge is 2.27. The number of hydrogen-bond acceptors (Lipinski definition) is 0. The van der Waals surface area contributed by atoms with E-state index in [9.17, 15) is 0 Å². The summed E-state index contributed by atoms with van der Waals surface area (Å²) in [4.78, 5) is 0. The van der Waals surface area contributed by atoms with Crippen molar-refractivity contribution in [2.24, 2.45) is 0 Å². The smallest absolute Gasteiger partial charge is 0.0770 e. The van der Waals surface area contributed by atoms with Gasteiger partial charge in [-0.1, -0.05) is 347 Å². The van der Waals surface area contributed by atoms with E-state index in [0.717, 1.165) is 0 Å². The van der Waals surface area contributed by atoms with E-state index >= 15 is 0 Å². The first kappa shape index (κ1) is 57.0. The van der Waals surface area contributed by atoms with Crippen molar-refractivity contribution in [1.82, 2.24) is 0 Å². The molecule has 0 rings (SSSR count). The molecule has 0 saturated carbocycles. The van der Waals surface area contributed by atoms with Crippen LogP contribution in [0.1, 0.15) is 329 Å². The third-order valence-electron chi connectivity index (χ3n) is 14.0. The predicted molar refractivity (Wildman–Crippen MR) is 269 cm³/mol. The molecule has 0 heterocycles. The van der Waals surface area contributed by atoms with E-state index < -0.39 is 8.07 Å². The Hall–Kier alpha value is -0.0431. The first-order chi connectivity index (χ1) is 28.2. The zero-order valence-electron chi connectivity index (χ0n) is 40.8. The van der Waals surface area contributed by atoms with Gasteiger partial charge in [-0.25, -0.2) is 0 Å². The molecule has 0 N–H and O–H groups in total. The number of unbranched alkanes of at least 4 members (excludes halogenated alkanes) is 45. The fourth-order valence-corrected chi connectivity index (χ4v) is 14.0. The lowest BCUT2D eigenvalue weighted by molar-refractivity contribution is 0.529. The minimum absolute atomic E-state index is 1.33. The maximum atomic E-state index is 4.57. The molecule has 342 valence electrons. The fraction of sp³-hybridized carbons (Fsp3) is 0.964. The van der Waals surface area contributed by atoms with Gasteiger partial charge in [-0.05, 0) is 0 Å². The third kappa shape index (κ3) is 45.3. The largest absolute Gasteiger partial charge is 0.107 e. The second-order valence-electron chi connectivity index (χ2n) is 19.7. The van der Waals surface area contributed by atoms with E-state index in [4.69, 9.17) is 0 Å². The van der Waals surface area contributed by atoms with Crippen LogP contribution in [0.5, 0.6) is 0 Å². The van der Waals surface area contributed by atoms with Crippen molar-refractivity contribution in [3.63, 3.8) is 0 Å². The predicted octanol–water partition coefficient (Wildman–Crippen LogP) is 21.9. The molecule has 0 bridgehead atoms. The summed E-state index contributed by atoms with van der Waals surface area (Å²) in [5.74, 6) is 0. The molecular weight excluding hydrogens is 701 g/mol. The van der Waals surface area contributed by atoms with Gasteiger partial charge in [0.15, 0.2) is 0 Å². The maximum Gasteiger partial charge on any atom is 0.0770 e. The molecule has 0 radical (unpaired) electrons. The topological polar surface area (TPSA) is 0 Å². The van der Waals surface area contributed by atoms with E-state index in [-0.39, 0.29) is 0 Å². The van der Waals surface area contributed by atoms with Gasteiger partial charge in [-0.2, -0.15) is 0 Å². The van der Waals surface area contributed by atoms with Gasteiger partial charge in [0, 0.05) is 0 Å². The zero-order chi connectivity index (χ0) is 41.3. The minimum Gasteiger partial charge on any atom is -0.107 e. The Morgan fingerprint density at radius 2 is 0.333 bits per heavy atom. The van der Waals surface area contributed by atoms with E-state index in [1.54, 1.807) is 18.1 Å². The minimum atomic E-state index is -1.33. The number of rotatable bonds is 52. The molecule has 0 spiro atoms. The van der Waals surface area contributed by atoms with Crippen LogP contribution in [-0.4, -0.2) is 8.07 Å². The van der Waals surface area contributed by atoms with E-state index in [2.05, 4.69) is 33.0 Å². The summed E-state index contributed by atoms with van der Waals surface area (Å²) in [6.07, 6.45) is 70.8. The monoisotopic (exact) mass is 815 g/mol. The average Bonchev–Trinajstić information content (AvgIpc) is 3.22. The normalized spacial score (nSPS) is 11.9. The molecule has 0 amide bonds. The average molecular weight is 816 g/mol. The third-order valence-corrected chi connectivity index (χ3v) is 18.9. The summed E-state index contributed by atoms with van der Waals surface area (Å²) < 4.78 is 0. The van der Waals surface area contributed by atoms with Crippen LogP contribution in [-0.2, 0) is 0 Å². The summed E-state index contributed by atoms with van der Waals surface area (Å²) in [6.45, 7) is 11.5.